The first kappa shape index (κ1) is 13.0. The Labute approximate surface area is 105 Å². The highest BCUT2D eigenvalue weighted by molar-refractivity contribution is 7.91. The summed E-state index contributed by atoms with van der Waals surface area (Å²) in [5.74, 6) is -0.353. The van der Waals surface area contributed by atoms with Crippen LogP contribution in [0.5, 0.6) is 0 Å². The lowest BCUT2D eigenvalue weighted by atomic mass is 10.1. The summed E-state index contributed by atoms with van der Waals surface area (Å²) in [4.78, 5) is 12.8. The highest BCUT2D eigenvalue weighted by Crippen LogP contribution is 2.25. The number of halogens is 1. The number of carbonyl (C=O) groups is 1. The van der Waals surface area contributed by atoms with Gasteiger partial charge in [0.05, 0.1) is 11.5 Å². The molecule has 1 aliphatic rings. The van der Waals surface area contributed by atoms with Crippen LogP contribution in [-0.2, 0) is 9.84 Å². The van der Waals surface area contributed by atoms with E-state index in [4.69, 9.17) is 0 Å². The molecule has 18 heavy (non-hydrogen) atoms. The maximum Gasteiger partial charge on any atom is 0.154 e. The second kappa shape index (κ2) is 4.68. The van der Waals surface area contributed by atoms with E-state index in [1.165, 1.54) is 12.1 Å². The van der Waals surface area contributed by atoms with Gasteiger partial charge in [0.15, 0.2) is 16.1 Å². The molecular weight excluding hydrogens is 257 g/mol. The molecule has 1 unspecified atom stereocenters. The zero-order valence-corrected chi connectivity index (χ0v) is 10.8. The summed E-state index contributed by atoms with van der Waals surface area (Å²) in [5.41, 5.74) is 0.843. The van der Waals surface area contributed by atoms with E-state index in [1.54, 1.807) is 6.92 Å². The Morgan fingerprint density at radius 2 is 2.17 bits per heavy atom. The molecule has 1 heterocycles. The van der Waals surface area contributed by atoms with E-state index >= 15 is 0 Å². The summed E-state index contributed by atoms with van der Waals surface area (Å²) in [6.07, 6.45) is 0.592. The second-order valence-electron chi connectivity index (χ2n) is 4.48. The van der Waals surface area contributed by atoms with E-state index in [9.17, 15) is 17.6 Å². The molecule has 1 aromatic rings. The maximum atomic E-state index is 13.0. The van der Waals surface area contributed by atoms with E-state index in [2.05, 4.69) is 0 Å². The second-order valence-corrected chi connectivity index (χ2v) is 6.71. The number of anilines is 1. The predicted molar refractivity (Wildman–Crippen MR) is 67.2 cm³/mol. The van der Waals surface area contributed by atoms with Crippen molar-refractivity contribution in [2.75, 3.05) is 23.0 Å². The van der Waals surface area contributed by atoms with Crippen LogP contribution in [0.15, 0.2) is 18.2 Å². The quantitative estimate of drug-likeness (QED) is 0.760. The molecule has 0 bridgehead atoms. The van der Waals surface area contributed by atoms with E-state index < -0.39 is 15.7 Å². The Bertz CT molecular complexity index is 571. The normalized spacial score (nSPS) is 22.8. The van der Waals surface area contributed by atoms with Crippen LogP contribution in [-0.4, -0.2) is 38.8 Å². The van der Waals surface area contributed by atoms with Crippen molar-refractivity contribution >= 4 is 21.8 Å². The molecule has 0 spiro atoms. The number of hydrogen-bond donors (Lipinski definition) is 0. The van der Waals surface area contributed by atoms with Gasteiger partial charge in [-0.05, 0) is 25.1 Å². The zero-order valence-electron chi connectivity index (χ0n) is 9.97. The fraction of sp³-hybridized carbons (Fsp3) is 0.417. The highest BCUT2D eigenvalue weighted by Gasteiger charge is 2.29. The molecule has 4 nitrogen and oxygen atoms in total. The summed E-state index contributed by atoms with van der Waals surface area (Å²) in [5, 5.41) is 0. The molecule has 0 aromatic heterocycles. The van der Waals surface area contributed by atoms with Crippen LogP contribution < -0.4 is 4.90 Å². The molecule has 98 valence electrons. The third-order valence-corrected chi connectivity index (χ3v) is 4.89. The number of rotatable bonds is 2. The topological polar surface area (TPSA) is 54.5 Å². The molecule has 0 radical (unpaired) electrons. The van der Waals surface area contributed by atoms with Crippen LogP contribution >= 0.6 is 0 Å². The lowest BCUT2D eigenvalue weighted by molar-refractivity contribution is 0.112. The maximum absolute atomic E-state index is 13.0. The average Bonchev–Trinajstić information content (AvgIpc) is 2.29. The van der Waals surface area contributed by atoms with Crippen LogP contribution in [0.1, 0.15) is 17.3 Å². The first-order chi connectivity index (χ1) is 8.43. The summed E-state index contributed by atoms with van der Waals surface area (Å²) in [7, 11) is -3.00. The van der Waals surface area contributed by atoms with E-state index in [-0.39, 0.29) is 23.1 Å². The third kappa shape index (κ3) is 2.53. The molecule has 1 saturated heterocycles. The zero-order chi connectivity index (χ0) is 13.3. The van der Waals surface area contributed by atoms with Crippen molar-refractivity contribution in [1.82, 2.24) is 0 Å². The van der Waals surface area contributed by atoms with Crippen molar-refractivity contribution in [3.8, 4) is 0 Å². The van der Waals surface area contributed by atoms with Gasteiger partial charge in [0.2, 0.25) is 0 Å². The lowest BCUT2D eigenvalue weighted by Gasteiger charge is -2.35. The van der Waals surface area contributed by atoms with Crippen LogP contribution in [0.3, 0.4) is 0 Å². The van der Waals surface area contributed by atoms with Crippen LogP contribution in [0.4, 0.5) is 10.1 Å². The summed E-state index contributed by atoms with van der Waals surface area (Å²) >= 11 is 0. The van der Waals surface area contributed by atoms with E-state index in [1.807, 2.05) is 4.90 Å². The third-order valence-electron chi connectivity index (χ3n) is 3.10. The summed E-state index contributed by atoms with van der Waals surface area (Å²) < 4.78 is 36.0. The molecule has 1 aromatic carbocycles. The molecule has 1 aliphatic heterocycles. The van der Waals surface area contributed by atoms with Crippen molar-refractivity contribution in [3.05, 3.63) is 29.6 Å². The van der Waals surface area contributed by atoms with Gasteiger partial charge in [0.1, 0.15) is 5.82 Å². The van der Waals surface area contributed by atoms with Crippen molar-refractivity contribution in [3.63, 3.8) is 0 Å². The number of nitrogens with zero attached hydrogens (tertiary/aromatic N) is 1. The van der Waals surface area contributed by atoms with Crippen molar-refractivity contribution in [2.45, 2.75) is 13.0 Å². The van der Waals surface area contributed by atoms with E-state index in [0.717, 1.165) is 6.07 Å². The molecule has 6 heteroatoms. The van der Waals surface area contributed by atoms with Crippen molar-refractivity contribution in [1.29, 1.82) is 0 Å². The number of benzene rings is 1. The molecule has 1 atom stereocenters. The van der Waals surface area contributed by atoms with Gasteiger partial charge in [0, 0.05) is 23.8 Å². The number of hydrogen-bond acceptors (Lipinski definition) is 4. The largest absolute Gasteiger partial charge is 0.366 e. The molecule has 0 saturated carbocycles. The summed E-state index contributed by atoms with van der Waals surface area (Å²) in [6.45, 7) is 2.12. The van der Waals surface area contributed by atoms with Gasteiger partial charge in [-0.3, -0.25) is 4.79 Å². The minimum atomic E-state index is -3.00. The fourth-order valence-corrected chi connectivity index (χ4v) is 3.79. The minimum Gasteiger partial charge on any atom is -0.366 e. The number of sulfone groups is 1. The predicted octanol–water partition coefficient (Wildman–Crippen LogP) is 1.26. The van der Waals surface area contributed by atoms with Crippen LogP contribution in [0.2, 0.25) is 0 Å². The number of carbonyl (C=O) groups excluding carboxylic acids is 1. The fourth-order valence-electron chi connectivity index (χ4n) is 2.24. The molecule has 0 amide bonds. The van der Waals surface area contributed by atoms with Gasteiger partial charge in [-0.2, -0.15) is 0 Å². The minimum absolute atomic E-state index is 0.0582. The smallest absolute Gasteiger partial charge is 0.154 e. The first-order valence-electron chi connectivity index (χ1n) is 5.65. The first-order valence-corrected chi connectivity index (χ1v) is 7.47. The Kier molecular flexibility index (Phi) is 3.38. The average molecular weight is 271 g/mol. The van der Waals surface area contributed by atoms with Crippen molar-refractivity contribution < 1.29 is 17.6 Å². The Balaban J connectivity index is 2.35. The number of aldehydes is 1. The Hall–Kier alpha value is -1.43. The molecule has 0 N–H and O–H groups in total. The van der Waals surface area contributed by atoms with Gasteiger partial charge in [-0.1, -0.05) is 0 Å². The standard InChI is InChI=1S/C12H14FNO3S/c1-9-8-18(16,17)5-4-14(9)12-3-2-11(13)6-10(12)7-15/h2-3,6-7,9H,4-5,8H2,1H3. The molecule has 1 fully saturated rings. The Morgan fingerprint density at radius 1 is 1.44 bits per heavy atom. The highest BCUT2D eigenvalue weighted by atomic mass is 32.2. The molecule has 2 rings (SSSR count). The van der Waals surface area contributed by atoms with Gasteiger partial charge in [-0.15, -0.1) is 0 Å². The lowest BCUT2D eigenvalue weighted by Crippen LogP contribution is -2.47. The van der Waals surface area contributed by atoms with Gasteiger partial charge < -0.3 is 4.90 Å². The monoisotopic (exact) mass is 271 g/mol. The van der Waals surface area contributed by atoms with Gasteiger partial charge in [-0.25, -0.2) is 12.8 Å². The molecule has 0 aliphatic carbocycles. The Morgan fingerprint density at radius 3 is 2.78 bits per heavy atom. The van der Waals surface area contributed by atoms with Gasteiger partial charge >= 0.3 is 0 Å². The van der Waals surface area contributed by atoms with Crippen LogP contribution in [0.25, 0.3) is 0 Å². The summed E-state index contributed by atoms with van der Waals surface area (Å²) in [6, 6.07) is 3.75. The van der Waals surface area contributed by atoms with Gasteiger partial charge in [0.25, 0.3) is 0 Å². The SMILES string of the molecule is CC1CS(=O)(=O)CCN1c1ccc(F)cc1C=O. The van der Waals surface area contributed by atoms with Crippen molar-refractivity contribution in [2.24, 2.45) is 0 Å². The van der Waals surface area contributed by atoms with Crippen LogP contribution in [0, 0.1) is 5.82 Å². The van der Waals surface area contributed by atoms with E-state index in [0.29, 0.717) is 18.5 Å². The molecular formula is C12H14FNO3S.